The van der Waals surface area contributed by atoms with Gasteiger partial charge in [-0.1, -0.05) is 30.3 Å². The van der Waals surface area contributed by atoms with Crippen molar-refractivity contribution in [1.82, 2.24) is 52.8 Å². The van der Waals surface area contributed by atoms with Gasteiger partial charge >= 0.3 is 5.97 Å². The van der Waals surface area contributed by atoms with Crippen LogP contribution in [0.3, 0.4) is 0 Å². The quantitative estimate of drug-likeness (QED) is 0.0400. The molecule has 2 aliphatic heterocycles. The number of carbonyl (C=O) groups excluding carboxylic acids is 10. The fraction of sp³-hybridized carbons (Fsp3) is 0.561. The second-order valence-corrected chi connectivity index (χ2v) is 16.8. The zero-order valence-electron chi connectivity index (χ0n) is 38.1. The topological polar surface area (TPSA) is 424 Å². The van der Waals surface area contributed by atoms with E-state index in [4.69, 9.17) is 11.5 Å². The molecule has 16 N–H and O–H groups in total. The predicted octanol–water partition coefficient (Wildman–Crippen LogP) is -7.38. The molecule has 2 saturated heterocycles. The Morgan fingerprint density at radius 3 is 1.73 bits per heavy atom. The number of carbonyl (C=O) groups is 11. The molecule has 0 saturated carbocycles. The standard InChI is InChI=1S/C41H61N13O14S2/c1-20-32(60)50-25(16-55)35(63)51-26(17-56)36(64)52-28(19-70)38(66)53-27(18-69)37(65)48-22(9-5-11-44-41(42)43)33(61)45-15-30(57)47-23(14-31(58)59)34(62)49-24(13-21-7-3-2-4-8-21)40(68)54-12-6-10-29(54)39(67)46-20/h2-4,7-8,20,22-29,55-56,69-70H,5-6,9-19H2,1H3,(H,45,61)(H,46,67)(H,47,57)(H,48,65)(H,49,62)(H,50,60)(H,51,63)(H,52,64)(H,53,66)(H,58,59)(H4,42,43,44)/t20-,22-,23-,24-,25-,26-,27-,28-,29-/m0/s1. The Balaban J connectivity index is 2.03. The molecule has 27 nitrogen and oxygen atoms in total. The first-order valence-electron chi connectivity index (χ1n) is 22.0. The van der Waals surface area contributed by atoms with E-state index < -0.39 is 151 Å². The zero-order valence-corrected chi connectivity index (χ0v) is 39.8. The van der Waals surface area contributed by atoms with Crippen molar-refractivity contribution in [2.75, 3.05) is 44.4 Å². The monoisotopic (exact) mass is 1020 g/mol. The second kappa shape index (κ2) is 28.7. The summed E-state index contributed by atoms with van der Waals surface area (Å²) in [5, 5.41) is 50.7. The van der Waals surface area contributed by atoms with Gasteiger partial charge in [0, 0.05) is 31.0 Å². The summed E-state index contributed by atoms with van der Waals surface area (Å²) in [4.78, 5) is 152. The number of nitrogens with two attached hydrogens (primary N) is 2. The molecule has 0 radical (unpaired) electrons. The minimum Gasteiger partial charge on any atom is -0.481 e. The van der Waals surface area contributed by atoms with E-state index in [1.807, 2.05) is 0 Å². The molecule has 0 aromatic heterocycles. The first-order chi connectivity index (χ1) is 33.2. The number of aliphatic hydroxyl groups is 2. The molecule has 0 aliphatic carbocycles. The Bertz CT molecular complexity index is 2100. The highest BCUT2D eigenvalue weighted by molar-refractivity contribution is 7.80. The van der Waals surface area contributed by atoms with E-state index in [1.54, 1.807) is 30.3 Å². The highest BCUT2D eigenvalue weighted by Gasteiger charge is 2.40. The molecule has 386 valence electrons. The number of carboxylic acids is 1. The largest absolute Gasteiger partial charge is 0.481 e. The van der Waals surface area contributed by atoms with Crippen LogP contribution in [0.1, 0.15) is 44.6 Å². The lowest BCUT2D eigenvalue weighted by Crippen LogP contribution is -2.61. The smallest absolute Gasteiger partial charge is 0.305 e. The van der Waals surface area contributed by atoms with Crippen LogP contribution in [0.5, 0.6) is 0 Å². The molecular formula is C41H61N13O14S2. The molecule has 0 bridgehead atoms. The number of amides is 10. The molecule has 2 aliphatic rings. The van der Waals surface area contributed by atoms with Crippen LogP contribution in [0, 0.1) is 0 Å². The summed E-state index contributed by atoms with van der Waals surface area (Å²) in [7, 11) is 0. The summed E-state index contributed by atoms with van der Waals surface area (Å²) in [6.07, 6.45) is -0.777. The van der Waals surface area contributed by atoms with E-state index in [0.29, 0.717) is 12.0 Å². The Hall–Kier alpha value is -6.72. The molecule has 0 unspecified atom stereocenters. The third kappa shape index (κ3) is 18.0. The Morgan fingerprint density at radius 2 is 1.19 bits per heavy atom. The Kier molecular flexibility index (Phi) is 23.6. The summed E-state index contributed by atoms with van der Waals surface area (Å²) in [5.41, 5.74) is 11.3. The number of guanidine groups is 1. The number of aliphatic carboxylic acids is 1. The number of hydrogen-bond acceptors (Lipinski definition) is 16. The highest BCUT2D eigenvalue weighted by atomic mass is 32.1. The Labute approximate surface area is 412 Å². The number of benzene rings is 1. The molecule has 1 aromatic carbocycles. The highest BCUT2D eigenvalue weighted by Crippen LogP contribution is 2.20. The third-order valence-corrected chi connectivity index (χ3v) is 11.5. The molecule has 2 fully saturated rings. The number of fused-ring (bicyclic) bond motifs is 1. The van der Waals surface area contributed by atoms with E-state index in [-0.39, 0.29) is 50.5 Å². The van der Waals surface area contributed by atoms with Gasteiger partial charge in [0.15, 0.2) is 5.96 Å². The molecule has 2 heterocycles. The van der Waals surface area contributed by atoms with Crippen molar-refractivity contribution in [2.45, 2.75) is 99.8 Å². The van der Waals surface area contributed by atoms with Crippen molar-refractivity contribution in [1.29, 1.82) is 0 Å². The number of carboxylic acid groups (broad SMARTS) is 1. The predicted molar refractivity (Wildman–Crippen MR) is 253 cm³/mol. The average Bonchev–Trinajstić information content (AvgIpc) is 3.82. The second-order valence-electron chi connectivity index (χ2n) is 16.1. The van der Waals surface area contributed by atoms with Crippen LogP contribution >= 0.6 is 25.3 Å². The SMILES string of the molecule is C[C@@H]1NC(=O)[C@@H]2CCCN2C(=O)[C@H](Cc2ccccc2)NC(=O)[C@H](CC(=O)O)NC(=O)CNC(=O)[C@H](CCCN=C(N)N)NC(=O)[C@H](CS)NC(=O)[C@H](CS)NC(=O)[C@H](CO)NC(=O)[C@H](CO)NC1=O. The molecule has 10 amide bonds. The molecule has 9 atom stereocenters. The van der Waals surface area contributed by atoms with E-state index >= 15 is 0 Å². The van der Waals surface area contributed by atoms with Crippen molar-refractivity contribution in [3.05, 3.63) is 35.9 Å². The lowest BCUT2D eigenvalue weighted by atomic mass is 10.0. The van der Waals surface area contributed by atoms with Gasteiger partial charge in [0.05, 0.1) is 26.2 Å². The van der Waals surface area contributed by atoms with Crippen LogP contribution in [0.4, 0.5) is 0 Å². The van der Waals surface area contributed by atoms with Crippen molar-refractivity contribution < 1.29 is 68.1 Å². The third-order valence-electron chi connectivity index (χ3n) is 10.8. The van der Waals surface area contributed by atoms with E-state index in [0.717, 1.165) is 0 Å². The van der Waals surface area contributed by atoms with Gasteiger partial charge in [0.1, 0.15) is 54.4 Å². The Morgan fingerprint density at radius 1 is 0.671 bits per heavy atom. The maximum Gasteiger partial charge on any atom is 0.305 e. The van der Waals surface area contributed by atoms with Crippen LogP contribution in [-0.4, -0.2) is 190 Å². The fourth-order valence-corrected chi connectivity index (χ4v) is 7.57. The van der Waals surface area contributed by atoms with Gasteiger partial charge in [0.25, 0.3) is 0 Å². The van der Waals surface area contributed by atoms with Crippen molar-refractivity contribution in [3.8, 4) is 0 Å². The summed E-state index contributed by atoms with van der Waals surface area (Å²) in [6, 6.07) is -5.44. The van der Waals surface area contributed by atoms with Gasteiger partial charge in [0.2, 0.25) is 59.1 Å². The summed E-state index contributed by atoms with van der Waals surface area (Å²) < 4.78 is 0. The lowest BCUT2D eigenvalue weighted by molar-refractivity contribution is -0.143. The number of aliphatic hydroxyl groups excluding tert-OH is 2. The van der Waals surface area contributed by atoms with E-state index in [1.165, 1.54) is 11.8 Å². The average molecular weight is 1020 g/mol. The van der Waals surface area contributed by atoms with Crippen LogP contribution in [-0.2, 0) is 59.2 Å². The molecule has 0 spiro atoms. The van der Waals surface area contributed by atoms with Crippen molar-refractivity contribution >= 4 is 96.3 Å². The lowest BCUT2D eigenvalue weighted by Gasteiger charge is -2.30. The minimum atomic E-state index is -1.81. The number of thiol groups is 2. The number of nitrogens with zero attached hydrogens (tertiary/aromatic N) is 2. The molecule has 1 aromatic rings. The zero-order chi connectivity index (χ0) is 52.1. The van der Waals surface area contributed by atoms with Gasteiger partial charge in [-0.05, 0) is 38.2 Å². The molecule has 29 heteroatoms. The summed E-state index contributed by atoms with van der Waals surface area (Å²) in [6.45, 7) is -1.67. The van der Waals surface area contributed by atoms with Gasteiger partial charge < -0.3 is 79.5 Å². The van der Waals surface area contributed by atoms with Crippen molar-refractivity contribution in [3.63, 3.8) is 0 Å². The van der Waals surface area contributed by atoms with Gasteiger partial charge in [-0.2, -0.15) is 25.3 Å². The number of aliphatic imine (C=N–C) groups is 1. The minimum absolute atomic E-state index is 0.00628. The van der Waals surface area contributed by atoms with Gasteiger partial charge in [-0.3, -0.25) is 57.7 Å². The van der Waals surface area contributed by atoms with E-state index in [2.05, 4.69) is 78.1 Å². The number of nitrogens with one attached hydrogen (secondary N) is 9. The number of hydrogen-bond donors (Lipinski definition) is 16. The maximum atomic E-state index is 14.3. The first-order valence-corrected chi connectivity index (χ1v) is 23.2. The van der Waals surface area contributed by atoms with Crippen LogP contribution in [0.15, 0.2) is 35.3 Å². The van der Waals surface area contributed by atoms with E-state index in [9.17, 15) is 68.1 Å². The molecular weight excluding hydrogens is 963 g/mol. The van der Waals surface area contributed by atoms with Gasteiger partial charge in [-0.25, -0.2) is 0 Å². The summed E-state index contributed by atoms with van der Waals surface area (Å²) in [5.74, 6) is -12.5. The normalized spacial score (nSPS) is 26.6. The number of rotatable bonds is 12. The molecule has 70 heavy (non-hydrogen) atoms. The fourth-order valence-electron chi connectivity index (χ4n) is 7.06. The van der Waals surface area contributed by atoms with Crippen LogP contribution in [0.2, 0.25) is 0 Å². The van der Waals surface area contributed by atoms with Crippen LogP contribution in [0.25, 0.3) is 0 Å². The molecule has 3 rings (SSSR count). The summed E-state index contributed by atoms with van der Waals surface area (Å²) >= 11 is 8.22. The van der Waals surface area contributed by atoms with Crippen LogP contribution < -0.4 is 59.3 Å². The maximum absolute atomic E-state index is 14.3. The first kappa shape index (κ1) is 57.6. The van der Waals surface area contributed by atoms with Crippen molar-refractivity contribution in [2.24, 2.45) is 16.5 Å². The van der Waals surface area contributed by atoms with Gasteiger partial charge in [-0.15, -0.1) is 0 Å².